The molecule has 0 saturated heterocycles. The summed E-state index contributed by atoms with van der Waals surface area (Å²) in [5.41, 5.74) is 0.613. The second kappa shape index (κ2) is 9.19. The fourth-order valence-electron chi connectivity index (χ4n) is 2.79. The molecule has 0 fully saturated rings. The molecular formula is C19H26N6O3S. The number of hydrogen-bond acceptors (Lipinski definition) is 7. The molecule has 156 valence electrons. The molecule has 10 heteroatoms. The zero-order valence-corrected chi connectivity index (χ0v) is 17.6. The van der Waals surface area contributed by atoms with Gasteiger partial charge in [0.15, 0.2) is 11.5 Å². The van der Waals surface area contributed by atoms with Gasteiger partial charge in [-0.15, -0.1) is 15.3 Å². The summed E-state index contributed by atoms with van der Waals surface area (Å²) in [4.78, 5) is 0.100. The van der Waals surface area contributed by atoms with Crippen LogP contribution in [0.4, 0.5) is 5.82 Å². The second-order valence-corrected chi connectivity index (χ2v) is 8.75. The molecule has 0 saturated carbocycles. The van der Waals surface area contributed by atoms with Crippen molar-refractivity contribution in [3.05, 3.63) is 42.2 Å². The minimum atomic E-state index is -3.70. The van der Waals surface area contributed by atoms with E-state index in [0.29, 0.717) is 29.6 Å². The summed E-state index contributed by atoms with van der Waals surface area (Å²) in [7, 11) is -2.26. The monoisotopic (exact) mass is 418 g/mol. The zero-order valence-electron chi connectivity index (χ0n) is 16.8. The minimum Gasteiger partial charge on any atom is -0.495 e. The van der Waals surface area contributed by atoms with E-state index in [4.69, 9.17) is 4.74 Å². The van der Waals surface area contributed by atoms with E-state index in [2.05, 4.69) is 39.2 Å². The summed E-state index contributed by atoms with van der Waals surface area (Å²) < 4.78 is 34.5. The lowest BCUT2D eigenvalue weighted by atomic mass is 10.1. The maximum absolute atomic E-state index is 12.6. The van der Waals surface area contributed by atoms with Crippen LogP contribution in [0.1, 0.15) is 26.1 Å². The standard InChI is InChI=1S/C19H26N6O3S/c1-14(2)10-12-20-17-8-9-18-22-23-19(25(18)24-17)11-13-21-29(26,27)16-7-5-4-6-15(16)28-3/h4-9,14,21H,10-13H2,1-3H3,(H,20,24). The summed E-state index contributed by atoms with van der Waals surface area (Å²) in [6, 6.07) is 10.2. The Bertz CT molecular complexity index is 1060. The van der Waals surface area contributed by atoms with Crippen LogP contribution in [-0.4, -0.2) is 48.4 Å². The van der Waals surface area contributed by atoms with Crippen molar-refractivity contribution in [2.75, 3.05) is 25.5 Å². The van der Waals surface area contributed by atoms with Crippen LogP contribution in [0.5, 0.6) is 5.75 Å². The molecule has 3 aromatic rings. The first kappa shape index (κ1) is 21.0. The number of rotatable bonds is 10. The van der Waals surface area contributed by atoms with Crippen LogP contribution < -0.4 is 14.8 Å². The van der Waals surface area contributed by atoms with Crippen LogP contribution in [0, 0.1) is 5.92 Å². The van der Waals surface area contributed by atoms with Crippen molar-refractivity contribution in [3.8, 4) is 5.75 Å². The van der Waals surface area contributed by atoms with E-state index in [-0.39, 0.29) is 11.4 Å². The molecule has 1 aromatic carbocycles. The third-order valence-electron chi connectivity index (χ3n) is 4.35. The van der Waals surface area contributed by atoms with Crippen molar-refractivity contribution >= 4 is 21.5 Å². The predicted molar refractivity (Wildman–Crippen MR) is 111 cm³/mol. The largest absolute Gasteiger partial charge is 0.495 e. The Morgan fingerprint density at radius 1 is 1.10 bits per heavy atom. The molecule has 0 radical (unpaired) electrons. The summed E-state index contributed by atoms with van der Waals surface area (Å²) >= 11 is 0. The summed E-state index contributed by atoms with van der Waals surface area (Å²) in [6.45, 7) is 5.32. The number of aromatic nitrogens is 4. The van der Waals surface area contributed by atoms with E-state index in [1.165, 1.54) is 13.2 Å². The number of benzene rings is 1. The SMILES string of the molecule is COc1ccccc1S(=O)(=O)NCCc1nnc2ccc(NCCC(C)C)nn12. The molecule has 29 heavy (non-hydrogen) atoms. The molecule has 0 aliphatic carbocycles. The molecule has 0 amide bonds. The van der Waals surface area contributed by atoms with Gasteiger partial charge in [0.2, 0.25) is 10.0 Å². The first-order valence-electron chi connectivity index (χ1n) is 9.48. The van der Waals surface area contributed by atoms with E-state index in [1.54, 1.807) is 22.7 Å². The molecule has 0 aliphatic rings. The lowest BCUT2D eigenvalue weighted by Crippen LogP contribution is -2.27. The highest BCUT2D eigenvalue weighted by atomic mass is 32.2. The van der Waals surface area contributed by atoms with Gasteiger partial charge in [-0.25, -0.2) is 13.1 Å². The fraction of sp³-hybridized carbons (Fsp3) is 0.421. The van der Waals surface area contributed by atoms with Gasteiger partial charge in [-0.1, -0.05) is 26.0 Å². The Labute approximate surface area is 170 Å². The number of nitrogens with zero attached hydrogens (tertiary/aromatic N) is 4. The first-order chi connectivity index (χ1) is 13.9. The second-order valence-electron chi connectivity index (χ2n) is 7.01. The van der Waals surface area contributed by atoms with Gasteiger partial charge >= 0.3 is 0 Å². The Morgan fingerprint density at radius 2 is 1.90 bits per heavy atom. The molecule has 3 rings (SSSR count). The minimum absolute atomic E-state index is 0.100. The lowest BCUT2D eigenvalue weighted by molar-refractivity contribution is 0.402. The summed E-state index contributed by atoms with van der Waals surface area (Å²) in [5, 5.41) is 16.0. The van der Waals surface area contributed by atoms with Crippen molar-refractivity contribution in [1.29, 1.82) is 0 Å². The number of anilines is 1. The number of sulfonamides is 1. The lowest BCUT2D eigenvalue weighted by Gasteiger charge is -2.10. The van der Waals surface area contributed by atoms with Crippen LogP contribution in [0.3, 0.4) is 0 Å². The molecule has 0 unspecified atom stereocenters. The maximum Gasteiger partial charge on any atom is 0.244 e. The third kappa shape index (κ3) is 5.21. The average Bonchev–Trinajstić information content (AvgIpc) is 3.10. The van der Waals surface area contributed by atoms with Gasteiger partial charge in [0, 0.05) is 19.5 Å². The summed E-state index contributed by atoms with van der Waals surface area (Å²) in [5.74, 6) is 2.21. The first-order valence-corrected chi connectivity index (χ1v) is 11.0. The van der Waals surface area contributed by atoms with Crippen molar-refractivity contribution in [2.24, 2.45) is 5.92 Å². The zero-order chi connectivity index (χ0) is 20.9. The number of hydrogen-bond donors (Lipinski definition) is 2. The molecule has 0 atom stereocenters. The number of para-hydroxylation sites is 1. The van der Waals surface area contributed by atoms with Crippen LogP contribution in [0.15, 0.2) is 41.3 Å². The van der Waals surface area contributed by atoms with Crippen LogP contribution in [0.2, 0.25) is 0 Å². The van der Waals surface area contributed by atoms with E-state index in [0.717, 1.165) is 18.8 Å². The van der Waals surface area contributed by atoms with E-state index in [1.807, 2.05) is 12.1 Å². The van der Waals surface area contributed by atoms with E-state index < -0.39 is 10.0 Å². The molecule has 2 N–H and O–H groups in total. The fourth-order valence-corrected chi connectivity index (χ4v) is 3.99. The molecular weight excluding hydrogens is 392 g/mol. The highest BCUT2D eigenvalue weighted by Gasteiger charge is 2.19. The molecule has 2 heterocycles. The topological polar surface area (TPSA) is 111 Å². The number of methoxy groups -OCH3 is 1. The van der Waals surface area contributed by atoms with Crippen molar-refractivity contribution < 1.29 is 13.2 Å². The highest BCUT2D eigenvalue weighted by molar-refractivity contribution is 7.89. The molecule has 2 aromatic heterocycles. The highest BCUT2D eigenvalue weighted by Crippen LogP contribution is 2.22. The maximum atomic E-state index is 12.6. The Hall–Kier alpha value is -2.72. The van der Waals surface area contributed by atoms with Crippen molar-refractivity contribution in [1.82, 2.24) is 24.5 Å². The molecule has 9 nitrogen and oxygen atoms in total. The van der Waals surface area contributed by atoms with Crippen LogP contribution in [0.25, 0.3) is 5.65 Å². The van der Waals surface area contributed by atoms with Gasteiger partial charge in [0.05, 0.1) is 7.11 Å². The number of nitrogens with one attached hydrogen (secondary N) is 2. The van der Waals surface area contributed by atoms with E-state index in [9.17, 15) is 8.42 Å². The van der Waals surface area contributed by atoms with Gasteiger partial charge in [0.25, 0.3) is 0 Å². The Balaban J connectivity index is 1.67. The van der Waals surface area contributed by atoms with Crippen LogP contribution >= 0.6 is 0 Å². The summed E-state index contributed by atoms with van der Waals surface area (Å²) in [6.07, 6.45) is 1.39. The molecule has 0 bridgehead atoms. The third-order valence-corrected chi connectivity index (χ3v) is 5.85. The van der Waals surface area contributed by atoms with Crippen molar-refractivity contribution in [3.63, 3.8) is 0 Å². The normalized spacial score (nSPS) is 11.9. The van der Waals surface area contributed by atoms with Crippen LogP contribution in [-0.2, 0) is 16.4 Å². The van der Waals surface area contributed by atoms with Gasteiger partial charge in [-0.3, -0.25) is 0 Å². The van der Waals surface area contributed by atoms with Gasteiger partial charge in [0.1, 0.15) is 16.5 Å². The quantitative estimate of drug-likeness (QED) is 0.519. The predicted octanol–water partition coefficient (Wildman–Crippen LogP) is 2.11. The van der Waals surface area contributed by atoms with Crippen molar-refractivity contribution in [2.45, 2.75) is 31.6 Å². The van der Waals surface area contributed by atoms with E-state index >= 15 is 0 Å². The smallest absolute Gasteiger partial charge is 0.244 e. The van der Waals surface area contributed by atoms with Gasteiger partial charge in [-0.05, 0) is 36.6 Å². The average molecular weight is 419 g/mol. The van der Waals surface area contributed by atoms with Gasteiger partial charge < -0.3 is 10.1 Å². The molecule has 0 aliphatic heterocycles. The van der Waals surface area contributed by atoms with Gasteiger partial charge in [-0.2, -0.15) is 4.52 Å². The molecule has 0 spiro atoms. The number of ether oxygens (including phenoxy) is 1. The number of fused-ring (bicyclic) bond motifs is 1. The Morgan fingerprint density at radius 3 is 2.66 bits per heavy atom. The Kier molecular flexibility index (Phi) is 6.65.